The van der Waals surface area contributed by atoms with Gasteiger partial charge < -0.3 is 25.0 Å². The first kappa shape index (κ1) is 20.5. The predicted molar refractivity (Wildman–Crippen MR) is 107 cm³/mol. The number of likely N-dealkylation sites (N-methyl/N-ethyl adjacent to an activating group) is 1. The average Bonchev–Trinajstić information content (AvgIpc) is 2.67. The molecule has 7 nitrogen and oxygen atoms in total. The van der Waals surface area contributed by atoms with Gasteiger partial charge in [-0.3, -0.25) is 9.78 Å². The lowest BCUT2D eigenvalue weighted by molar-refractivity contribution is 0.0946. The lowest BCUT2D eigenvalue weighted by Gasteiger charge is -2.12. The summed E-state index contributed by atoms with van der Waals surface area (Å²) in [4.78, 5) is 18.3. The van der Waals surface area contributed by atoms with Crippen molar-refractivity contribution in [3.8, 4) is 11.5 Å². The molecule has 0 aliphatic carbocycles. The number of nitrogens with zero attached hydrogens (tertiary/aromatic N) is 2. The van der Waals surface area contributed by atoms with Crippen molar-refractivity contribution in [1.82, 2.24) is 15.2 Å². The lowest BCUT2D eigenvalue weighted by Crippen LogP contribution is -2.31. The topological polar surface area (TPSA) is 75.7 Å². The molecule has 0 unspecified atom stereocenters. The number of amides is 1. The van der Waals surface area contributed by atoms with Crippen molar-refractivity contribution in [1.29, 1.82) is 0 Å². The second-order valence-corrected chi connectivity index (χ2v) is 6.36. The van der Waals surface area contributed by atoms with Gasteiger partial charge in [-0.15, -0.1) is 0 Å². The molecule has 1 amide bonds. The molecule has 1 aromatic heterocycles. The number of carbonyl (C=O) groups excluding carboxylic acids is 1. The quantitative estimate of drug-likeness (QED) is 0.665. The van der Waals surface area contributed by atoms with Crippen molar-refractivity contribution in [2.24, 2.45) is 0 Å². The van der Waals surface area contributed by atoms with Crippen LogP contribution in [0.2, 0.25) is 0 Å². The number of aromatic nitrogens is 1. The molecule has 0 aliphatic heterocycles. The van der Waals surface area contributed by atoms with Gasteiger partial charge in [-0.2, -0.15) is 0 Å². The Kier molecular flexibility index (Phi) is 7.88. The summed E-state index contributed by atoms with van der Waals surface area (Å²) in [7, 11) is 7.18. The number of carbonyl (C=O) groups is 1. The fourth-order valence-corrected chi connectivity index (χ4v) is 2.54. The first-order valence-electron chi connectivity index (χ1n) is 8.87. The normalized spacial score (nSPS) is 10.6. The zero-order chi connectivity index (χ0) is 19.6. The van der Waals surface area contributed by atoms with E-state index in [1.165, 1.54) is 0 Å². The molecule has 27 heavy (non-hydrogen) atoms. The highest BCUT2D eigenvalue weighted by molar-refractivity contribution is 5.93. The molecule has 0 atom stereocenters. The molecule has 1 heterocycles. The van der Waals surface area contributed by atoms with Crippen LogP contribution in [0.15, 0.2) is 36.5 Å². The SMILES string of the molecule is COc1ccc(CCNc2ccnc(C(=O)NCCN(C)C)c2)cc1OC. The van der Waals surface area contributed by atoms with Crippen LogP contribution in [0.25, 0.3) is 0 Å². The van der Waals surface area contributed by atoms with E-state index in [1.54, 1.807) is 26.5 Å². The van der Waals surface area contributed by atoms with Gasteiger partial charge in [-0.25, -0.2) is 0 Å². The molecule has 146 valence electrons. The van der Waals surface area contributed by atoms with E-state index in [1.807, 2.05) is 43.3 Å². The van der Waals surface area contributed by atoms with Crippen LogP contribution in [0.1, 0.15) is 16.1 Å². The third-order valence-electron chi connectivity index (χ3n) is 4.03. The van der Waals surface area contributed by atoms with Gasteiger partial charge in [0, 0.05) is 31.5 Å². The minimum atomic E-state index is -0.166. The number of ether oxygens (including phenoxy) is 2. The molecular formula is C20H28N4O3. The van der Waals surface area contributed by atoms with Crippen molar-refractivity contribution in [3.63, 3.8) is 0 Å². The molecule has 1 aromatic carbocycles. The highest BCUT2D eigenvalue weighted by Gasteiger charge is 2.08. The van der Waals surface area contributed by atoms with Gasteiger partial charge in [0.15, 0.2) is 11.5 Å². The first-order valence-corrected chi connectivity index (χ1v) is 8.87. The third-order valence-corrected chi connectivity index (χ3v) is 4.03. The number of anilines is 1. The molecule has 0 spiro atoms. The van der Waals surface area contributed by atoms with E-state index in [-0.39, 0.29) is 5.91 Å². The van der Waals surface area contributed by atoms with Gasteiger partial charge in [0.2, 0.25) is 0 Å². The molecule has 2 aromatic rings. The highest BCUT2D eigenvalue weighted by Crippen LogP contribution is 2.27. The smallest absolute Gasteiger partial charge is 0.269 e. The number of rotatable bonds is 10. The summed E-state index contributed by atoms with van der Waals surface area (Å²) < 4.78 is 10.6. The van der Waals surface area contributed by atoms with Crippen LogP contribution in [0, 0.1) is 0 Å². The minimum Gasteiger partial charge on any atom is -0.493 e. The van der Waals surface area contributed by atoms with Crippen molar-refractivity contribution < 1.29 is 14.3 Å². The van der Waals surface area contributed by atoms with E-state index >= 15 is 0 Å². The minimum absolute atomic E-state index is 0.166. The van der Waals surface area contributed by atoms with Crippen LogP contribution >= 0.6 is 0 Å². The van der Waals surface area contributed by atoms with Gasteiger partial charge in [0.1, 0.15) is 5.69 Å². The molecule has 0 bridgehead atoms. The summed E-state index contributed by atoms with van der Waals surface area (Å²) in [6, 6.07) is 9.50. The molecule has 2 N–H and O–H groups in total. The van der Waals surface area contributed by atoms with Crippen molar-refractivity contribution in [2.45, 2.75) is 6.42 Å². The predicted octanol–water partition coefficient (Wildman–Crippen LogP) is 2.04. The number of hydrogen-bond donors (Lipinski definition) is 2. The van der Waals surface area contributed by atoms with E-state index in [9.17, 15) is 4.79 Å². The molecule has 0 saturated heterocycles. The van der Waals surface area contributed by atoms with Crippen molar-refractivity contribution in [3.05, 3.63) is 47.8 Å². The van der Waals surface area contributed by atoms with E-state index in [2.05, 4.69) is 15.6 Å². The Hall–Kier alpha value is -2.80. The number of benzene rings is 1. The Morgan fingerprint density at radius 2 is 1.85 bits per heavy atom. The Labute approximate surface area is 160 Å². The van der Waals surface area contributed by atoms with Gasteiger partial charge in [0.25, 0.3) is 5.91 Å². The summed E-state index contributed by atoms with van der Waals surface area (Å²) in [5, 5.41) is 6.19. The standard InChI is InChI=1S/C20H28N4O3/c1-24(2)12-11-23-20(25)17-14-16(8-10-22-17)21-9-7-15-5-6-18(26-3)19(13-15)27-4/h5-6,8,10,13-14H,7,9,11-12H2,1-4H3,(H,21,22)(H,23,25). The summed E-state index contributed by atoms with van der Waals surface area (Å²) in [5.41, 5.74) is 2.41. The van der Waals surface area contributed by atoms with Crippen molar-refractivity contribution in [2.75, 3.05) is 53.3 Å². The largest absolute Gasteiger partial charge is 0.493 e. The fourth-order valence-electron chi connectivity index (χ4n) is 2.54. The maximum absolute atomic E-state index is 12.2. The van der Waals surface area contributed by atoms with Crippen molar-refractivity contribution >= 4 is 11.6 Å². The van der Waals surface area contributed by atoms with E-state index in [0.29, 0.717) is 18.0 Å². The maximum Gasteiger partial charge on any atom is 0.269 e. The summed E-state index contributed by atoms with van der Waals surface area (Å²) >= 11 is 0. The zero-order valence-electron chi connectivity index (χ0n) is 16.4. The molecule has 0 fully saturated rings. The number of nitrogens with one attached hydrogen (secondary N) is 2. The second kappa shape index (κ2) is 10.4. The van der Waals surface area contributed by atoms with Crippen LogP contribution < -0.4 is 20.1 Å². The summed E-state index contributed by atoms with van der Waals surface area (Å²) in [6.45, 7) is 2.10. The maximum atomic E-state index is 12.2. The molecular weight excluding hydrogens is 344 g/mol. The van der Waals surface area contributed by atoms with E-state index in [4.69, 9.17) is 9.47 Å². The summed E-state index contributed by atoms with van der Waals surface area (Å²) in [6.07, 6.45) is 2.45. The number of hydrogen-bond acceptors (Lipinski definition) is 6. The van der Waals surface area contributed by atoms with Crippen LogP contribution in [-0.4, -0.2) is 63.7 Å². The number of methoxy groups -OCH3 is 2. The molecule has 7 heteroatoms. The zero-order valence-corrected chi connectivity index (χ0v) is 16.4. The number of pyridine rings is 1. The molecule has 2 rings (SSSR count). The lowest BCUT2D eigenvalue weighted by atomic mass is 10.1. The van der Waals surface area contributed by atoms with E-state index < -0.39 is 0 Å². The van der Waals surface area contributed by atoms with Gasteiger partial charge in [0.05, 0.1) is 14.2 Å². The molecule has 0 saturated carbocycles. The van der Waals surface area contributed by atoms with Crippen LogP contribution in [0.5, 0.6) is 11.5 Å². The highest BCUT2D eigenvalue weighted by atomic mass is 16.5. The Morgan fingerprint density at radius 1 is 1.07 bits per heavy atom. The second-order valence-electron chi connectivity index (χ2n) is 6.36. The third kappa shape index (κ3) is 6.45. The molecule has 0 aliphatic rings. The fraction of sp³-hybridized carbons (Fsp3) is 0.400. The van der Waals surface area contributed by atoms with Crippen LogP contribution in [0.4, 0.5) is 5.69 Å². The Bertz CT molecular complexity index is 750. The summed E-state index contributed by atoms with van der Waals surface area (Å²) in [5.74, 6) is 1.27. The van der Waals surface area contributed by atoms with E-state index in [0.717, 1.165) is 36.5 Å². The molecule has 0 radical (unpaired) electrons. The van der Waals surface area contributed by atoms with Crippen LogP contribution in [0.3, 0.4) is 0 Å². The monoisotopic (exact) mass is 372 g/mol. The Balaban J connectivity index is 1.88. The Morgan fingerprint density at radius 3 is 2.56 bits per heavy atom. The van der Waals surface area contributed by atoms with Gasteiger partial charge in [-0.05, 0) is 50.3 Å². The average molecular weight is 372 g/mol. The first-order chi connectivity index (χ1) is 13.0. The van der Waals surface area contributed by atoms with Gasteiger partial charge >= 0.3 is 0 Å². The van der Waals surface area contributed by atoms with Crippen LogP contribution in [-0.2, 0) is 6.42 Å². The van der Waals surface area contributed by atoms with Gasteiger partial charge in [-0.1, -0.05) is 6.07 Å².